The van der Waals surface area contributed by atoms with Crippen LogP contribution in [0.4, 0.5) is 9.52 Å². The molecule has 160 valence electrons. The zero-order chi connectivity index (χ0) is 22.2. The largest absolute Gasteiger partial charge is 0.298 e. The van der Waals surface area contributed by atoms with Crippen LogP contribution in [0.1, 0.15) is 38.1 Å². The van der Waals surface area contributed by atoms with Crippen LogP contribution in [0.5, 0.6) is 0 Å². The van der Waals surface area contributed by atoms with Crippen LogP contribution >= 0.6 is 22.9 Å². The number of thiazole rings is 1. The summed E-state index contributed by atoms with van der Waals surface area (Å²) >= 11 is 7.03. The van der Waals surface area contributed by atoms with Gasteiger partial charge in [0, 0.05) is 12.1 Å². The zero-order valence-corrected chi connectivity index (χ0v) is 19.2. The van der Waals surface area contributed by atoms with Gasteiger partial charge in [0.05, 0.1) is 25.7 Å². The maximum Gasteiger partial charge on any atom is 0.261 e. The van der Waals surface area contributed by atoms with Crippen molar-refractivity contribution in [2.24, 2.45) is 0 Å². The number of carbonyl (C=O) groups is 1. The van der Waals surface area contributed by atoms with Gasteiger partial charge in [-0.05, 0) is 58.0 Å². The van der Waals surface area contributed by atoms with Gasteiger partial charge in [-0.25, -0.2) is 17.8 Å². The van der Waals surface area contributed by atoms with E-state index in [1.807, 2.05) is 27.7 Å². The molecule has 1 amide bonds. The molecule has 0 fully saturated rings. The summed E-state index contributed by atoms with van der Waals surface area (Å²) in [6, 6.07) is 8.19. The lowest BCUT2D eigenvalue weighted by Gasteiger charge is -2.29. The van der Waals surface area contributed by atoms with Gasteiger partial charge in [-0.3, -0.25) is 10.1 Å². The van der Waals surface area contributed by atoms with Gasteiger partial charge in [-0.2, -0.15) is 4.31 Å². The van der Waals surface area contributed by atoms with Crippen LogP contribution in [0.3, 0.4) is 0 Å². The van der Waals surface area contributed by atoms with Crippen LogP contribution in [0, 0.1) is 5.82 Å². The second-order valence-electron chi connectivity index (χ2n) is 7.22. The fourth-order valence-electron chi connectivity index (χ4n) is 3.27. The highest BCUT2D eigenvalue weighted by molar-refractivity contribution is 7.89. The summed E-state index contributed by atoms with van der Waals surface area (Å²) in [6.45, 7) is 7.29. The Balaban J connectivity index is 1.94. The van der Waals surface area contributed by atoms with E-state index in [0.717, 1.165) is 17.4 Å². The number of fused-ring (bicyclic) bond motifs is 1. The number of aromatic nitrogens is 1. The summed E-state index contributed by atoms with van der Waals surface area (Å²) in [4.78, 5) is 16.9. The predicted octanol–water partition coefficient (Wildman–Crippen LogP) is 5.15. The van der Waals surface area contributed by atoms with Gasteiger partial charge in [0.1, 0.15) is 5.82 Å². The van der Waals surface area contributed by atoms with Crippen molar-refractivity contribution in [2.75, 3.05) is 5.32 Å². The summed E-state index contributed by atoms with van der Waals surface area (Å²) in [5, 5.41) is 2.74. The first-order chi connectivity index (χ1) is 14.0. The van der Waals surface area contributed by atoms with E-state index in [4.69, 9.17) is 11.6 Å². The van der Waals surface area contributed by atoms with Gasteiger partial charge in [0.2, 0.25) is 10.0 Å². The molecular formula is C20H21ClFN3O3S2. The third-order valence-corrected chi connectivity index (χ3v) is 7.86. The fourth-order valence-corrected chi connectivity index (χ4v) is 6.35. The standard InChI is InChI=1S/C20H21ClFN3O3S2/c1-11(2)25(12(3)4)30(27,28)13-8-9-16-17(10-13)29-20(23-16)24-19(26)18-14(21)6-5-7-15(18)22/h5-12H,1-4H3,(H,23,24,26). The lowest BCUT2D eigenvalue weighted by molar-refractivity contribution is 0.102. The Morgan fingerprint density at radius 3 is 2.43 bits per heavy atom. The lowest BCUT2D eigenvalue weighted by Crippen LogP contribution is -2.41. The number of sulfonamides is 1. The zero-order valence-electron chi connectivity index (χ0n) is 16.8. The Kier molecular flexibility index (Phi) is 6.47. The number of anilines is 1. The van der Waals surface area contributed by atoms with Crippen molar-refractivity contribution < 1.29 is 17.6 Å². The SMILES string of the molecule is CC(C)N(C(C)C)S(=O)(=O)c1ccc2nc(NC(=O)c3c(F)cccc3Cl)sc2c1. The van der Waals surface area contributed by atoms with E-state index in [9.17, 15) is 17.6 Å². The lowest BCUT2D eigenvalue weighted by atomic mass is 10.2. The van der Waals surface area contributed by atoms with E-state index in [2.05, 4.69) is 10.3 Å². The molecule has 3 aromatic rings. The smallest absolute Gasteiger partial charge is 0.261 e. The molecule has 0 spiro atoms. The number of hydrogen-bond acceptors (Lipinski definition) is 5. The van der Waals surface area contributed by atoms with Gasteiger partial charge in [0.25, 0.3) is 5.91 Å². The van der Waals surface area contributed by atoms with E-state index in [0.29, 0.717) is 10.2 Å². The normalized spacial score (nSPS) is 12.3. The quantitative estimate of drug-likeness (QED) is 0.541. The fraction of sp³-hybridized carbons (Fsp3) is 0.300. The second-order valence-corrected chi connectivity index (χ2v) is 10.5. The summed E-state index contributed by atoms with van der Waals surface area (Å²) < 4.78 is 42.2. The number of nitrogens with one attached hydrogen (secondary N) is 1. The number of halogens is 2. The van der Waals surface area contributed by atoms with Crippen molar-refractivity contribution in [2.45, 2.75) is 44.7 Å². The highest BCUT2D eigenvalue weighted by Crippen LogP contribution is 2.31. The summed E-state index contributed by atoms with van der Waals surface area (Å²) in [5.41, 5.74) is 0.251. The van der Waals surface area contributed by atoms with Crippen LogP contribution < -0.4 is 5.32 Å². The summed E-state index contributed by atoms with van der Waals surface area (Å²) in [6.07, 6.45) is 0. The predicted molar refractivity (Wildman–Crippen MR) is 118 cm³/mol. The molecule has 0 aliphatic rings. The van der Waals surface area contributed by atoms with Crippen LogP contribution in [-0.4, -0.2) is 35.7 Å². The number of nitrogens with zero attached hydrogens (tertiary/aromatic N) is 2. The molecule has 1 N–H and O–H groups in total. The van der Waals surface area contributed by atoms with Crippen LogP contribution in [0.15, 0.2) is 41.3 Å². The third-order valence-electron chi connectivity index (χ3n) is 4.36. The molecule has 3 rings (SSSR count). The highest BCUT2D eigenvalue weighted by atomic mass is 35.5. The Morgan fingerprint density at radius 1 is 1.17 bits per heavy atom. The first-order valence-corrected chi connectivity index (χ1v) is 11.8. The minimum absolute atomic E-state index is 0.00977. The Labute approximate surface area is 183 Å². The van der Waals surface area contributed by atoms with E-state index in [1.54, 1.807) is 6.07 Å². The van der Waals surface area contributed by atoms with Crippen molar-refractivity contribution in [3.63, 3.8) is 0 Å². The van der Waals surface area contributed by atoms with Gasteiger partial charge >= 0.3 is 0 Å². The molecule has 30 heavy (non-hydrogen) atoms. The molecule has 0 bridgehead atoms. The van der Waals surface area contributed by atoms with Crippen molar-refractivity contribution in [3.8, 4) is 0 Å². The van der Waals surface area contributed by atoms with Gasteiger partial charge in [0.15, 0.2) is 5.13 Å². The molecule has 6 nitrogen and oxygen atoms in total. The van der Waals surface area contributed by atoms with Gasteiger partial charge in [-0.15, -0.1) is 0 Å². The van der Waals surface area contributed by atoms with Crippen LogP contribution in [0.2, 0.25) is 5.02 Å². The van der Waals surface area contributed by atoms with Crippen molar-refractivity contribution in [1.29, 1.82) is 0 Å². The van der Waals surface area contributed by atoms with E-state index in [-0.39, 0.29) is 32.7 Å². The van der Waals surface area contributed by atoms with Gasteiger partial charge in [-0.1, -0.05) is 29.0 Å². The molecule has 0 unspecified atom stereocenters. The average Bonchev–Trinajstić information content (AvgIpc) is 3.01. The molecule has 1 aromatic heterocycles. The van der Waals surface area contributed by atoms with Crippen molar-refractivity contribution >= 4 is 54.2 Å². The number of rotatable bonds is 6. The maximum atomic E-state index is 14.0. The molecule has 0 aliphatic heterocycles. The van der Waals surface area contributed by atoms with E-state index >= 15 is 0 Å². The first-order valence-electron chi connectivity index (χ1n) is 9.22. The molecule has 0 aliphatic carbocycles. The summed E-state index contributed by atoms with van der Waals surface area (Å²) in [5.74, 6) is -1.47. The molecule has 1 heterocycles. The summed E-state index contributed by atoms with van der Waals surface area (Å²) in [7, 11) is -3.70. The molecule has 0 atom stereocenters. The molecular weight excluding hydrogens is 449 g/mol. The number of carbonyl (C=O) groups excluding carboxylic acids is 1. The molecule has 0 saturated heterocycles. The Bertz CT molecular complexity index is 1180. The number of hydrogen-bond donors (Lipinski definition) is 1. The van der Waals surface area contributed by atoms with Crippen LogP contribution in [-0.2, 0) is 10.0 Å². The third kappa shape index (κ3) is 4.34. The first kappa shape index (κ1) is 22.6. The average molecular weight is 470 g/mol. The van der Waals surface area contributed by atoms with E-state index in [1.165, 1.54) is 28.6 Å². The maximum absolute atomic E-state index is 14.0. The van der Waals surface area contributed by atoms with Crippen molar-refractivity contribution in [1.82, 2.24) is 9.29 Å². The minimum atomic E-state index is -3.70. The number of amides is 1. The van der Waals surface area contributed by atoms with Crippen LogP contribution in [0.25, 0.3) is 10.2 Å². The minimum Gasteiger partial charge on any atom is -0.298 e. The Morgan fingerprint density at radius 2 is 1.83 bits per heavy atom. The Hall–Kier alpha value is -2.07. The van der Waals surface area contributed by atoms with Crippen molar-refractivity contribution in [3.05, 3.63) is 52.8 Å². The molecule has 2 aromatic carbocycles. The second kappa shape index (κ2) is 8.58. The molecule has 0 radical (unpaired) electrons. The topological polar surface area (TPSA) is 79.4 Å². The number of benzene rings is 2. The van der Waals surface area contributed by atoms with Gasteiger partial charge < -0.3 is 0 Å². The molecule has 10 heteroatoms. The molecule has 0 saturated carbocycles. The monoisotopic (exact) mass is 469 g/mol. The highest BCUT2D eigenvalue weighted by Gasteiger charge is 2.30. The van der Waals surface area contributed by atoms with E-state index < -0.39 is 21.7 Å².